The van der Waals surface area contributed by atoms with Gasteiger partial charge in [0, 0.05) is 13.1 Å². The van der Waals surface area contributed by atoms with Crippen LogP contribution in [0.15, 0.2) is 12.4 Å². The molecule has 2 heterocycles. The maximum atomic E-state index is 10.7. The van der Waals surface area contributed by atoms with Crippen LogP contribution in [0.3, 0.4) is 0 Å². The average Bonchev–Trinajstić information content (AvgIpc) is 2.24. The Hall–Kier alpha value is -1.85. The van der Waals surface area contributed by atoms with Gasteiger partial charge in [0.2, 0.25) is 5.88 Å². The first-order valence-corrected chi connectivity index (χ1v) is 5.99. The zero-order valence-corrected chi connectivity index (χ0v) is 10.5. The third kappa shape index (κ3) is 2.88. The minimum Gasteiger partial charge on any atom is -0.481 e. The topological polar surface area (TPSA) is 75.5 Å². The fraction of sp³-hybridized carbons (Fsp3) is 0.583. The zero-order valence-electron chi connectivity index (χ0n) is 10.5. The van der Waals surface area contributed by atoms with E-state index < -0.39 is 5.97 Å². The van der Waals surface area contributed by atoms with E-state index in [2.05, 4.69) is 23.8 Å². The number of aliphatic carboxylic acids is 1. The minimum absolute atomic E-state index is 0.299. The first kappa shape index (κ1) is 12.6. The summed E-state index contributed by atoms with van der Waals surface area (Å²) in [6.07, 6.45) is 3.20. The third-order valence-electron chi connectivity index (χ3n) is 2.72. The van der Waals surface area contributed by atoms with Crippen molar-refractivity contribution >= 4 is 11.8 Å². The van der Waals surface area contributed by atoms with E-state index in [9.17, 15) is 4.79 Å². The Labute approximate surface area is 106 Å². The lowest BCUT2D eigenvalue weighted by atomic mass is 10.0. The molecule has 1 saturated heterocycles. The van der Waals surface area contributed by atoms with Crippen LogP contribution in [0.5, 0.6) is 5.88 Å². The molecular weight excluding hydrogens is 234 g/mol. The van der Waals surface area contributed by atoms with Gasteiger partial charge in [0.1, 0.15) is 0 Å². The van der Waals surface area contributed by atoms with Crippen molar-refractivity contribution in [2.24, 2.45) is 11.8 Å². The van der Waals surface area contributed by atoms with Crippen LogP contribution in [0.25, 0.3) is 0 Å². The quantitative estimate of drug-likeness (QED) is 0.842. The van der Waals surface area contributed by atoms with Crippen LogP contribution >= 0.6 is 0 Å². The molecule has 1 aliphatic rings. The Morgan fingerprint density at radius 2 is 2.28 bits per heavy atom. The molecule has 1 fully saturated rings. The molecule has 1 aliphatic heterocycles. The molecule has 0 atom stereocenters. The SMILES string of the molecule is CC(C)COc1cncc(N2CC(C(=O)O)C2)n1. The van der Waals surface area contributed by atoms with E-state index in [1.165, 1.54) is 0 Å². The van der Waals surface area contributed by atoms with Crippen LogP contribution in [0.1, 0.15) is 13.8 Å². The number of aromatic nitrogens is 2. The Morgan fingerprint density at radius 1 is 1.56 bits per heavy atom. The van der Waals surface area contributed by atoms with Gasteiger partial charge in [-0.1, -0.05) is 13.8 Å². The third-order valence-corrected chi connectivity index (χ3v) is 2.72. The van der Waals surface area contributed by atoms with Crippen LogP contribution in [-0.2, 0) is 4.79 Å². The molecule has 0 spiro atoms. The van der Waals surface area contributed by atoms with E-state index >= 15 is 0 Å². The number of nitrogens with zero attached hydrogens (tertiary/aromatic N) is 3. The molecule has 6 heteroatoms. The van der Waals surface area contributed by atoms with Crippen molar-refractivity contribution < 1.29 is 14.6 Å². The Balaban J connectivity index is 1.94. The van der Waals surface area contributed by atoms with Crippen LogP contribution < -0.4 is 9.64 Å². The van der Waals surface area contributed by atoms with Gasteiger partial charge in [-0.2, -0.15) is 4.98 Å². The van der Waals surface area contributed by atoms with Gasteiger partial charge in [0.25, 0.3) is 0 Å². The minimum atomic E-state index is -0.758. The van der Waals surface area contributed by atoms with Crippen molar-refractivity contribution in [1.82, 2.24) is 9.97 Å². The number of hydrogen-bond donors (Lipinski definition) is 1. The number of rotatable bonds is 5. The predicted molar refractivity (Wildman–Crippen MR) is 65.7 cm³/mol. The van der Waals surface area contributed by atoms with Crippen molar-refractivity contribution in [2.75, 3.05) is 24.6 Å². The van der Waals surface area contributed by atoms with Crippen molar-refractivity contribution in [3.63, 3.8) is 0 Å². The molecule has 0 radical (unpaired) electrons. The molecule has 0 amide bonds. The summed E-state index contributed by atoms with van der Waals surface area (Å²) in [6.45, 7) is 5.68. The van der Waals surface area contributed by atoms with Gasteiger partial charge < -0.3 is 14.7 Å². The van der Waals surface area contributed by atoms with Crippen LogP contribution in [0.2, 0.25) is 0 Å². The van der Waals surface area contributed by atoms with Gasteiger partial charge in [-0.25, -0.2) is 0 Å². The molecule has 98 valence electrons. The molecule has 6 nitrogen and oxygen atoms in total. The predicted octanol–water partition coefficient (Wildman–Crippen LogP) is 1.03. The lowest BCUT2D eigenvalue weighted by Gasteiger charge is -2.37. The second-order valence-corrected chi connectivity index (χ2v) is 4.86. The highest BCUT2D eigenvalue weighted by molar-refractivity contribution is 5.74. The molecule has 1 aromatic rings. The molecule has 0 saturated carbocycles. The molecule has 0 aliphatic carbocycles. The van der Waals surface area contributed by atoms with Gasteiger partial charge in [-0.3, -0.25) is 9.78 Å². The van der Waals surface area contributed by atoms with Crippen molar-refractivity contribution in [2.45, 2.75) is 13.8 Å². The first-order chi connectivity index (χ1) is 8.56. The second kappa shape index (κ2) is 5.20. The highest BCUT2D eigenvalue weighted by Crippen LogP contribution is 2.23. The Morgan fingerprint density at radius 3 is 2.89 bits per heavy atom. The summed E-state index contributed by atoms with van der Waals surface area (Å²) < 4.78 is 5.48. The molecule has 1 aromatic heterocycles. The maximum absolute atomic E-state index is 10.7. The molecule has 0 bridgehead atoms. The van der Waals surface area contributed by atoms with Crippen LogP contribution in [-0.4, -0.2) is 40.7 Å². The normalized spacial score (nSPS) is 15.6. The number of ether oxygens (including phenoxy) is 1. The molecule has 0 aromatic carbocycles. The molecule has 1 N–H and O–H groups in total. The van der Waals surface area contributed by atoms with E-state index in [0.717, 1.165) is 0 Å². The number of hydrogen-bond acceptors (Lipinski definition) is 5. The number of carboxylic acids is 1. The molecule has 18 heavy (non-hydrogen) atoms. The summed E-state index contributed by atoms with van der Waals surface area (Å²) >= 11 is 0. The number of carboxylic acid groups (broad SMARTS) is 1. The van der Waals surface area contributed by atoms with Crippen LogP contribution in [0.4, 0.5) is 5.82 Å². The van der Waals surface area contributed by atoms with E-state index in [-0.39, 0.29) is 5.92 Å². The highest BCUT2D eigenvalue weighted by Gasteiger charge is 2.33. The van der Waals surface area contributed by atoms with Gasteiger partial charge >= 0.3 is 5.97 Å². The van der Waals surface area contributed by atoms with E-state index in [1.807, 2.05) is 4.90 Å². The zero-order chi connectivity index (χ0) is 13.1. The summed E-state index contributed by atoms with van der Waals surface area (Å²) in [5.74, 6) is 0.531. The Bertz CT molecular complexity index is 430. The molecular formula is C12H17N3O3. The summed E-state index contributed by atoms with van der Waals surface area (Å²) in [6, 6.07) is 0. The van der Waals surface area contributed by atoms with Crippen molar-refractivity contribution in [3.05, 3.63) is 12.4 Å². The first-order valence-electron chi connectivity index (χ1n) is 5.99. The maximum Gasteiger partial charge on any atom is 0.310 e. The molecule has 2 rings (SSSR count). The van der Waals surface area contributed by atoms with E-state index in [1.54, 1.807) is 12.4 Å². The number of anilines is 1. The van der Waals surface area contributed by atoms with Gasteiger partial charge in [-0.15, -0.1) is 0 Å². The second-order valence-electron chi connectivity index (χ2n) is 4.86. The fourth-order valence-corrected chi connectivity index (χ4v) is 1.63. The molecule has 0 unspecified atom stereocenters. The van der Waals surface area contributed by atoms with E-state index in [4.69, 9.17) is 9.84 Å². The summed E-state index contributed by atoms with van der Waals surface area (Å²) in [5.41, 5.74) is 0. The summed E-state index contributed by atoms with van der Waals surface area (Å²) in [4.78, 5) is 21.0. The lowest BCUT2D eigenvalue weighted by Crippen LogP contribution is -2.50. The van der Waals surface area contributed by atoms with Crippen molar-refractivity contribution in [1.29, 1.82) is 0 Å². The average molecular weight is 251 g/mol. The van der Waals surface area contributed by atoms with Gasteiger partial charge in [0.15, 0.2) is 5.82 Å². The highest BCUT2D eigenvalue weighted by atomic mass is 16.5. The monoisotopic (exact) mass is 251 g/mol. The van der Waals surface area contributed by atoms with Gasteiger partial charge in [0.05, 0.1) is 24.9 Å². The van der Waals surface area contributed by atoms with Crippen molar-refractivity contribution in [3.8, 4) is 5.88 Å². The standard InChI is InChI=1S/C12H17N3O3/c1-8(2)7-18-11-4-13-3-10(14-11)15-5-9(6-15)12(16)17/h3-4,8-9H,5-7H2,1-2H3,(H,16,17). The Kier molecular flexibility index (Phi) is 3.64. The van der Waals surface area contributed by atoms with E-state index in [0.29, 0.717) is 37.3 Å². The summed E-state index contributed by atoms with van der Waals surface area (Å²) in [7, 11) is 0. The largest absolute Gasteiger partial charge is 0.481 e. The fourth-order valence-electron chi connectivity index (χ4n) is 1.63. The smallest absolute Gasteiger partial charge is 0.310 e. The summed E-state index contributed by atoms with van der Waals surface area (Å²) in [5, 5.41) is 8.81. The van der Waals surface area contributed by atoms with Gasteiger partial charge in [-0.05, 0) is 5.92 Å². The lowest BCUT2D eigenvalue weighted by molar-refractivity contribution is -0.142. The number of carbonyl (C=O) groups is 1. The van der Waals surface area contributed by atoms with Crippen LogP contribution in [0, 0.1) is 11.8 Å².